The maximum absolute atomic E-state index is 12.6. The average molecular weight is 436 g/mol. The van der Waals surface area contributed by atoms with E-state index in [0.29, 0.717) is 5.75 Å². The molecule has 0 saturated heterocycles. The summed E-state index contributed by atoms with van der Waals surface area (Å²) in [6.45, 7) is 7.77. The van der Waals surface area contributed by atoms with Crippen LogP contribution in [0.1, 0.15) is 56.2 Å². The summed E-state index contributed by atoms with van der Waals surface area (Å²) in [6.07, 6.45) is -1.16. The first kappa shape index (κ1) is 23.9. The van der Waals surface area contributed by atoms with Crippen LogP contribution in [0.4, 0.5) is 4.79 Å². The number of ether oxygens (including phenoxy) is 2. The van der Waals surface area contributed by atoms with Gasteiger partial charge in [0.15, 0.2) is 0 Å². The van der Waals surface area contributed by atoms with Crippen molar-refractivity contribution in [2.75, 3.05) is 13.9 Å². The van der Waals surface area contributed by atoms with E-state index in [-0.39, 0.29) is 18.4 Å². The molecule has 164 valence electrons. The summed E-state index contributed by atoms with van der Waals surface area (Å²) in [4.78, 5) is 11.9. The fraction of sp³-hybridized carbons (Fsp3) is 0.409. The number of rotatable bonds is 10. The van der Waals surface area contributed by atoms with Gasteiger partial charge in [0, 0.05) is 7.11 Å². The Morgan fingerprint density at radius 1 is 0.933 bits per heavy atom. The van der Waals surface area contributed by atoms with E-state index >= 15 is 0 Å². The molecular weight excluding hydrogens is 407 g/mol. The molecule has 0 bridgehead atoms. The lowest BCUT2D eigenvalue weighted by Crippen LogP contribution is -2.12. The minimum absolute atomic E-state index is 0.0284. The molecule has 2 rings (SSSR count). The lowest BCUT2D eigenvalue weighted by molar-refractivity contribution is 0.0423. The van der Waals surface area contributed by atoms with Gasteiger partial charge in [0.05, 0.1) is 0 Å². The molecule has 1 unspecified atom stereocenters. The molecule has 0 N–H and O–H groups in total. The van der Waals surface area contributed by atoms with E-state index in [2.05, 4.69) is 27.7 Å². The summed E-state index contributed by atoms with van der Waals surface area (Å²) in [6, 6.07) is 15.0. The van der Waals surface area contributed by atoms with Gasteiger partial charge < -0.3 is 14.0 Å². The van der Waals surface area contributed by atoms with Crippen molar-refractivity contribution >= 4 is 14.0 Å². The van der Waals surface area contributed by atoms with Crippen LogP contribution >= 0.6 is 7.82 Å². The van der Waals surface area contributed by atoms with Gasteiger partial charge in [-0.2, -0.15) is 0 Å². The van der Waals surface area contributed by atoms with Crippen molar-refractivity contribution in [1.82, 2.24) is 0 Å². The van der Waals surface area contributed by atoms with E-state index in [1.165, 1.54) is 0 Å². The normalized spacial score (nSPS) is 13.2. The highest BCUT2D eigenvalue weighted by molar-refractivity contribution is 7.49. The van der Waals surface area contributed by atoms with E-state index in [4.69, 9.17) is 23.0 Å². The second kappa shape index (κ2) is 11.2. The average Bonchev–Trinajstić information content (AvgIpc) is 2.72. The molecule has 0 radical (unpaired) electrons. The molecule has 0 aliphatic rings. The lowest BCUT2D eigenvalue weighted by Gasteiger charge is -2.21. The molecule has 0 amide bonds. The zero-order valence-corrected chi connectivity index (χ0v) is 18.9. The molecule has 0 spiro atoms. The zero-order chi connectivity index (χ0) is 22.1. The van der Waals surface area contributed by atoms with Crippen LogP contribution in [0.15, 0.2) is 48.5 Å². The fourth-order valence-corrected chi connectivity index (χ4v) is 3.40. The second-order valence-corrected chi connectivity index (χ2v) is 8.91. The Bertz CT molecular complexity index is 839. The highest BCUT2D eigenvalue weighted by atomic mass is 31.2. The van der Waals surface area contributed by atoms with Crippen LogP contribution < -0.4 is 4.74 Å². The Kier molecular flexibility index (Phi) is 8.90. The number of phosphoric ester groups is 1. The first-order valence-corrected chi connectivity index (χ1v) is 11.2. The molecule has 8 heteroatoms. The molecule has 0 aliphatic heterocycles. The Labute approximate surface area is 177 Å². The monoisotopic (exact) mass is 436 g/mol. The number of phosphoric acid groups is 1. The topological polar surface area (TPSA) is 80.3 Å². The number of benzene rings is 2. The third-order valence-corrected chi connectivity index (χ3v) is 5.59. The lowest BCUT2D eigenvalue weighted by atomic mass is 9.94. The van der Waals surface area contributed by atoms with E-state index < -0.39 is 20.8 Å². The number of hydrogen-bond donors (Lipinski definition) is 0. The highest BCUT2D eigenvalue weighted by Crippen LogP contribution is 2.49. The van der Waals surface area contributed by atoms with Gasteiger partial charge in [-0.1, -0.05) is 76.2 Å². The molecular formula is C22H29O7P. The summed E-state index contributed by atoms with van der Waals surface area (Å²) in [5, 5.41) is 0. The Hall–Kier alpha value is -2.34. The Balaban J connectivity index is 1.98. The van der Waals surface area contributed by atoms with Crippen molar-refractivity contribution in [2.45, 2.75) is 46.1 Å². The number of para-hydroxylation sites is 1. The van der Waals surface area contributed by atoms with Gasteiger partial charge >= 0.3 is 14.0 Å². The van der Waals surface area contributed by atoms with Crippen LogP contribution in [0.5, 0.6) is 5.75 Å². The largest absolute Gasteiger partial charge is 0.537 e. The highest BCUT2D eigenvalue weighted by Gasteiger charge is 2.31. The molecule has 7 nitrogen and oxygen atoms in total. The number of carbonyl (C=O) groups excluding carboxylic acids is 1. The third kappa shape index (κ3) is 6.87. The summed E-state index contributed by atoms with van der Waals surface area (Å²) in [5.74, 6) is 1.10. The number of hydrogen-bond acceptors (Lipinski definition) is 7. The van der Waals surface area contributed by atoms with Crippen molar-refractivity contribution in [1.29, 1.82) is 0 Å². The smallest absolute Gasteiger partial charge is 0.466 e. The van der Waals surface area contributed by atoms with Gasteiger partial charge in [-0.15, -0.1) is 0 Å². The van der Waals surface area contributed by atoms with Crippen LogP contribution in [0.3, 0.4) is 0 Å². The molecule has 0 fully saturated rings. The molecule has 0 saturated carbocycles. The standard InChI is InChI=1S/C22H29O7P/c1-16(2)19-12-9-13-20(17(3)4)21(19)27-15-28-30(24,25-5)29-22(23)26-14-18-10-7-6-8-11-18/h6-13,16-17H,14-15H2,1-5H3. The minimum atomic E-state index is -4.19. The first-order valence-electron chi connectivity index (χ1n) is 9.72. The first-order chi connectivity index (χ1) is 14.3. The predicted molar refractivity (Wildman–Crippen MR) is 114 cm³/mol. The van der Waals surface area contributed by atoms with E-state index in [1.807, 2.05) is 36.4 Å². The number of carbonyl (C=O) groups is 1. The SMILES string of the molecule is COP(=O)(OCOc1c(C(C)C)cccc1C(C)C)OC(=O)OCc1ccccc1. The van der Waals surface area contributed by atoms with Gasteiger partial charge in [-0.05, 0) is 28.5 Å². The van der Waals surface area contributed by atoms with Gasteiger partial charge in [-0.3, -0.25) is 4.52 Å². The van der Waals surface area contributed by atoms with Crippen LogP contribution in [0.25, 0.3) is 0 Å². The molecule has 2 aromatic carbocycles. The Morgan fingerprint density at radius 2 is 1.53 bits per heavy atom. The van der Waals surface area contributed by atoms with Crippen molar-refractivity contribution in [2.24, 2.45) is 0 Å². The van der Waals surface area contributed by atoms with Crippen LogP contribution in [0, 0.1) is 0 Å². The summed E-state index contributed by atoms with van der Waals surface area (Å²) < 4.78 is 38.1. The minimum Gasteiger partial charge on any atom is -0.466 e. The van der Waals surface area contributed by atoms with E-state index in [9.17, 15) is 9.36 Å². The zero-order valence-electron chi connectivity index (χ0n) is 18.0. The van der Waals surface area contributed by atoms with Crippen LogP contribution in [0.2, 0.25) is 0 Å². The Morgan fingerprint density at radius 3 is 2.07 bits per heavy atom. The fourth-order valence-electron chi connectivity index (χ4n) is 2.75. The maximum atomic E-state index is 12.6. The molecule has 1 atom stereocenters. The van der Waals surface area contributed by atoms with Crippen molar-refractivity contribution in [3.63, 3.8) is 0 Å². The summed E-state index contributed by atoms with van der Waals surface area (Å²) in [5.41, 5.74) is 2.76. The van der Waals surface area contributed by atoms with Gasteiger partial charge in [0.25, 0.3) is 0 Å². The van der Waals surface area contributed by atoms with Crippen molar-refractivity contribution in [3.8, 4) is 5.75 Å². The van der Waals surface area contributed by atoms with E-state index in [1.54, 1.807) is 12.1 Å². The molecule has 0 aromatic heterocycles. The molecule has 0 heterocycles. The van der Waals surface area contributed by atoms with Crippen molar-refractivity contribution < 1.29 is 32.4 Å². The van der Waals surface area contributed by atoms with Gasteiger partial charge in [0.1, 0.15) is 12.4 Å². The maximum Gasteiger partial charge on any atom is 0.537 e. The van der Waals surface area contributed by atoms with Crippen LogP contribution in [-0.4, -0.2) is 20.1 Å². The summed E-state index contributed by atoms with van der Waals surface area (Å²) >= 11 is 0. The van der Waals surface area contributed by atoms with E-state index in [0.717, 1.165) is 23.8 Å². The second-order valence-electron chi connectivity index (χ2n) is 7.21. The van der Waals surface area contributed by atoms with Gasteiger partial charge in [0.2, 0.25) is 6.79 Å². The predicted octanol–water partition coefficient (Wildman–Crippen LogP) is 6.39. The summed E-state index contributed by atoms with van der Waals surface area (Å²) in [7, 11) is -3.07. The van der Waals surface area contributed by atoms with Crippen molar-refractivity contribution in [3.05, 3.63) is 65.2 Å². The molecule has 0 aliphatic carbocycles. The molecule has 2 aromatic rings. The quantitative estimate of drug-likeness (QED) is 0.242. The molecule has 30 heavy (non-hydrogen) atoms. The third-order valence-electron chi connectivity index (χ3n) is 4.34. The van der Waals surface area contributed by atoms with Gasteiger partial charge in [-0.25, -0.2) is 13.9 Å². The van der Waals surface area contributed by atoms with Crippen LogP contribution in [-0.2, 0) is 29.5 Å².